The number of benzene rings is 2. The Morgan fingerprint density at radius 2 is 1.89 bits per heavy atom. The van der Waals surface area contributed by atoms with Crippen LogP contribution in [0.15, 0.2) is 48.5 Å². The minimum Gasteiger partial charge on any atom is -0.487 e. The summed E-state index contributed by atoms with van der Waals surface area (Å²) >= 11 is 0. The Morgan fingerprint density at radius 1 is 1.14 bits per heavy atom. The van der Waals surface area contributed by atoms with Crippen LogP contribution in [0.1, 0.15) is 39.2 Å². The van der Waals surface area contributed by atoms with Gasteiger partial charge in [-0.15, -0.1) is 0 Å². The van der Waals surface area contributed by atoms with Crippen molar-refractivity contribution in [1.29, 1.82) is 5.26 Å². The van der Waals surface area contributed by atoms with Crippen molar-refractivity contribution in [2.45, 2.75) is 45.3 Å². The molecule has 0 bridgehead atoms. The fraction of sp³-hybridized carbons (Fsp3) is 0.391. The van der Waals surface area contributed by atoms with Gasteiger partial charge in [-0.3, -0.25) is 0 Å². The molecule has 0 aromatic heterocycles. The Kier molecular flexibility index (Phi) is 5.89. The lowest BCUT2D eigenvalue weighted by Gasteiger charge is -2.34. The van der Waals surface area contributed by atoms with Gasteiger partial charge in [0.25, 0.3) is 0 Å². The second-order valence-electron chi connectivity index (χ2n) is 7.96. The topological polar surface area (TPSA) is 62.6 Å². The van der Waals surface area contributed by atoms with E-state index in [0.29, 0.717) is 24.4 Å². The number of ether oxygens (including phenoxy) is 2. The molecular formula is C23H26N2O3. The summed E-state index contributed by atoms with van der Waals surface area (Å²) in [5.41, 5.74) is 1.81. The van der Waals surface area contributed by atoms with Gasteiger partial charge >= 0.3 is 6.09 Å². The molecular weight excluding hydrogens is 352 g/mol. The van der Waals surface area contributed by atoms with Crippen LogP contribution in [0.5, 0.6) is 5.75 Å². The minimum absolute atomic E-state index is 0.167. The molecule has 1 fully saturated rings. The normalized spacial score (nSPS) is 16.9. The Morgan fingerprint density at radius 3 is 2.57 bits per heavy atom. The zero-order valence-corrected chi connectivity index (χ0v) is 16.6. The molecule has 28 heavy (non-hydrogen) atoms. The number of piperidine rings is 1. The molecule has 5 nitrogen and oxygen atoms in total. The zero-order valence-electron chi connectivity index (χ0n) is 16.6. The van der Waals surface area contributed by atoms with E-state index in [1.54, 1.807) is 4.90 Å². The van der Waals surface area contributed by atoms with Crippen molar-refractivity contribution in [2.75, 3.05) is 13.1 Å². The average molecular weight is 378 g/mol. The van der Waals surface area contributed by atoms with E-state index in [4.69, 9.17) is 9.47 Å². The SMILES string of the molecule is CC(C)(C)OC(=O)N1CCCC(Oc2cccc(-c3ccccc3)c2C#N)C1. The van der Waals surface area contributed by atoms with Crippen LogP contribution in [0, 0.1) is 11.3 Å². The molecule has 1 atom stereocenters. The smallest absolute Gasteiger partial charge is 0.410 e. The summed E-state index contributed by atoms with van der Waals surface area (Å²) in [5, 5.41) is 9.74. The van der Waals surface area contributed by atoms with Crippen LogP contribution < -0.4 is 4.74 Å². The lowest BCUT2D eigenvalue weighted by Crippen LogP contribution is -2.46. The molecule has 1 aliphatic rings. The first-order valence-corrected chi connectivity index (χ1v) is 9.60. The first-order valence-electron chi connectivity index (χ1n) is 9.60. The van der Waals surface area contributed by atoms with Gasteiger partial charge in [0.15, 0.2) is 0 Å². The highest BCUT2D eigenvalue weighted by Gasteiger charge is 2.29. The van der Waals surface area contributed by atoms with Gasteiger partial charge in [0.1, 0.15) is 29.1 Å². The highest BCUT2D eigenvalue weighted by Crippen LogP contribution is 2.31. The zero-order chi connectivity index (χ0) is 20.1. The molecule has 0 N–H and O–H groups in total. The summed E-state index contributed by atoms with van der Waals surface area (Å²) in [5.74, 6) is 0.555. The number of nitriles is 1. The van der Waals surface area contributed by atoms with E-state index < -0.39 is 5.60 Å². The van der Waals surface area contributed by atoms with Crippen LogP contribution in [0.25, 0.3) is 11.1 Å². The van der Waals surface area contributed by atoms with E-state index >= 15 is 0 Å². The fourth-order valence-corrected chi connectivity index (χ4v) is 3.31. The van der Waals surface area contributed by atoms with Crippen molar-refractivity contribution in [2.24, 2.45) is 0 Å². The highest BCUT2D eigenvalue weighted by molar-refractivity contribution is 5.73. The lowest BCUT2D eigenvalue weighted by molar-refractivity contribution is 0.00774. The van der Waals surface area contributed by atoms with Crippen LogP contribution in [-0.2, 0) is 4.74 Å². The third kappa shape index (κ3) is 4.83. The maximum Gasteiger partial charge on any atom is 0.410 e. The molecule has 1 aliphatic heterocycles. The average Bonchev–Trinajstić information content (AvgIpc) is 2.67. The van der Waals surface area contributed by atoms with Gasteiger partial charge in [-0.2, -0.15) is 5.26 Å². The largest absolute Gasteiger partial charge is 0.487 e. The summed E-state index contributed by atoms with van der Waals surface area (Å²) in [6.07, 6.45) is 1.18. The number of carbonyl (C=O) groups is 1. The second-order valence-corrected chi connectivity index (χ2v) is 7.96. The van der Waals surface area contributed by atoms with Crippen LogP contribution in [-0.4, -0.2) is 35.8 Å². The monoisotopic (exact) mass is 378 g/mol. The van der Waals surface area contributed by atoms with Crippen LogP contribution in [0.4, 0.5) is 4.79 Å². The van der Waals surface area contributed by atoms with Crippen LogP contribution in [0.2, 0.25) is 0 Å². The lowest BCUT2D eigenvalue weighted by atomic mass is 9.99. The standard InChI is InChI=1S/C23H26N2O3/c1-23(2,3)28-22(26)25-14-8-11-18(16-25)27-21-13-7-12-19(20(21)15-24)17-9-5-4-6-10-17/h4-7,9-10,12-13,18H,8,11,14,16H2,1-3H3. The predicted octanol–water partition coefficient (Wildman–Crippen LogP) is 5.00. The number of hydrogen-bond donors (Lipinski definition) is 0. The van der Waals surface area contributed by atoms with Gasteiger partial charge in [0, 0.05) is 12.1 Å². The third-order valence-electron chi connectivity index (χ3n) is 4.55. The molecule has 0 spiro atoms. The van der Waals surface area contributed by atoms with E-state index in [0.717, 1.165) is 24.0 Å². The number of amides is 1. The van der Waals surface area contributed by atoms with Gasteiger partial charge < -0.3 is 14.4 Å². The van der Waals surface area contributed by atoms with Gasteiger partial charge in [-0.25, -0.2) is 4.79 Å². The van der Waals surface area contributed by atoms with Gasteiger partial charge in [-0.1, -0.05) is 42.5 Å². The molecule has 2 aromatic carbocycles. The predicted molar refractivity (Wildman–Crippen MR) is 108 cm³/mol. The number of hydrogen-bond acceptors (Lipinski definition) is 4. The molecule has 5 heteroatoms. The molecule has 1 unspecified atom stereocenters. The number of rotatable bonds is 3. The number of likely N-dealkylation sites (tertiary alicyclic amines) is 1. The van der Waals surface area contributed by atoms with Crippen molar-refractivity contribution < 1.29 is 14.3 Å². The van der Waals surface area contributed by atoms with E-state index in [-0.39, 0.29) is 12.2 Å². The van der Waals surface area contributed by atoms with Crippen molar-refractivity contribution >= 4 is 6.09 Å². The number of nitrogens with zero attached hydrogens (tertiary/aromatic N) is 2. The van der Waals surface area contributed by atoms with E-state index in [2.05, 4.69) is 6.07 Å². The van der Waals surface area contributed by atoms with Crippen LogP contribution >= 0.6 is 0 Å². The molecule has 2 aromatic rings. The maximum atomic E-state index is 12.4. The molecule has 0 saturated carbocycles. The molecule has 0 radical (unpaired) electrons. The van der Waals surface area contributed by atoms with E-state index in [1.165, 1.54) is 0 Å². The molecule has 1 heterocycles. The van der Waals surface area contributed by atoms with Gasteiger partial charge in [0.05, 0.1) is 6.54 Å². The molecule has 146 valence electrons. The van der Waals surface area contributed by atoms with Crippen molar-refractivity contribution in [3.8, 4) is 22.9 Å². The molecule has 1 amide bonds. The highest BCUT2D eigenvalue weighted by atomic mass is 16.6. The Hall–Kier alpha value is -3.00. The summed E-state index contributed by atoms with van der Waals surface area (Å²) in [7, 11) is 0. The molecule has 1 saturated heterocycles. The molecule has 3 rings (SSSR count). The Balaban J connectivity index is 1.77. The van der Waals surface area contributed by atoms with Crippen molar-refractivity contribution in [3.63, 3.8) is 0 Å². The third-order valence-corrected chi connectivity index (χ3v) is 4.55. The maximum absolute atomic E-state index is 12.4. The summed E-state index contributed by atoms with van der Waals surface area (Å²) in [4.78, 5) is 14.1. The van der Waals surface area contributed by atoms with Crippen molar-refractivity contribution in [3.05, 3.63) is 54.1 Å². The second kappa shape index (κ2) is 8.35. The summed E-state index contributed by atoms with van der Waals surface area (Å²) in [6.45, 7) is 6.69. The van der Waals surface area contributed by atoms with Gasteiger partial charge in [-0.05, 0) is 45.2 Å². The summed E-state index contributed by atoms with van der Waals surface area (Å²) < 4.78 is 11.7. The Bertz CT molecular complexity index is 866. The van der Waals surface area contributed by atoms with E-state index in [1.807, 2.05) is 69.3 Å². The number of carbonyl (C=O) groups excluding carboxylic acids is 1. The first kappa shape index (κ1) is 19.8. The van der Waals surface area contributed by atoms with Crippen LogP contribution in [0.3, 0.4) is 0 Å². The van der Waals surface area contributed by atoms with Crippen molar-refractivity contribution in [1.82, 2.24) is 4.90 Å². The molecule has 0 aliphatic carbocycles. The fourth-order valence-electron chi connectivity index (χ4n) is 3.31. The first-order chi connectivity index (χ1) is 13.4. The quantitative estimate of drug-likeness (QED) is 0.754. The van der Waals surface area contributed by atoms with Gasteiger partial charge in [0.2, 0.25) is 0 Å². The Labute approximate surface area is 166 Å². The minimum atomic E-state index is -0.525. The van der Waals surface area contributed by atoms with E-state index in [9.17, 15) is 10.1 Å². The summed E-state index contributed by atoms with van der Waals surface area (Å²) in [6, 6.07) is 17.7.